The second-order valence-electron chi connectivity index (χ2n) is 6.29. The zero-order chi connectivity index (χ0) is 14.8. The summed E-state index contributed by atoms with van der Waals surface area (Å²) in [6.07, 6.45) is 5.27. The molecule has 114 valence electrons. The number of aromatic carboxylic acids is 1. The standard InChI is InChI=1S/C17H24N2O2/c1-13-11-14(17(20)21)5-6-16(13)19-10-7-15(12-19)18-8-3-2-4-9-18/h5-6,11,15H,2-4,7-10,12H2,1H3,(H,20,21). The highest BCUT2D eigenvalue weighted by Gasteiger charge is 2.29. The van der Waals surface area contributed by atoms with E-state index in [-0.39, 0.29) is 0 Å². The van der Waals surface area contributed by atoms with E-state index in [9.17, 15) is 4.79 Å². The molecule has 1 unspecified atom stereocenters. The molecule has 2 aliphatic rings. The van der Waals surface area contributed by atoms with E-state index in [0.717, 1.165) is 18.7 Å². The Morgan fingerprint density at radius 2 is 1.95 bits per heavy atom. The van der Waals surface area contributed by atoms with Gasteiger partial charge in [-0.05, 0) is 63.0 Å². The van der Waals surface area contributed by atoms with Gasteiger partial charge in [-0.25, -0.2) is 4.79 Å². The molecule has 0 saturated carbocycles. The molecule has 2 fully saturated rings. The van der Waals surface area contributed by atoms with Crippen LogP contribution in [0.15, 0.2) is 18.2 Å². The van der Waals surface area contributed by atoms with Crippen LogP contribution in [0.1, 0.15) is 41.6 Å². The van der Waals surface area contributed by atoms with Crippen molar-refractivity contribution in [2.24, 2.45) is 0 Å². The van der Waals surface area contributed by atoms with E-state index in [4.69, 9.17) is 5.11 Å². The lowest BCUT2D eigenvalue weighted by Gasteiger charge is -2.32. The van der Waals surface area contributed by atoms with Crippen molar-refractivity contribution in [3.8, 4) is 0 Å². The highest BCUT2D eigenvalue weighted by molar-refractivity contribution is 5.88. The van der Waals surface area contributed by atoms with E-state index >= 15 is 0 Å². The molecule has 1 atom stereocenters. The number of likely N-dealkylation sites (tertiary alicyclic amines) is 1. The van der Waals surface area contributed by atoms with E-state index in [0.29, 0.717) is 11.6 Å². The fraction of sp³-hybridized carbons (Fsp3) is 0.588. The number of anilines is 1. The van der Waals surface area contributed by atoms with Crippen LogP contribution in [0.2, 0.25) is 0 Å². The first-order valence-electron chi connectivity index (χ1n) is 7.98. The maximum Gasteiger partial charge on any atom is 0.335 e. The molecule has 2 aliphatic heterocycles. The summed E-state index contributed by atoms with van der Waals surface area (Å²) in [6, 6.07) is 6.14. The van der Waals surface area contributed by atoms with E-state index in [1.165, 1.54) is 44.5 Å². The summed E-state index contributed by atoms with van der Waals surface area (Å²) in [5.74, 6) is -0.850. The molecule has 2 heterocycles. The van der Waals surface area contributed by atoms with Gasteiger partial charge in [-0.3, -0.25) is 4.90 Å². The molecule has 1 aromatic carbocycles. The van der Waals surface area contributed by atoms with Gasteiger partial charge in [0.25, 0.3) is 0 Å². The van der Waals surface area contributed by atoms with Gasteiger partial charge < -0.3 is 10.0 Å². The summed E-state index contributed by atoms with van der Waals surface area (Å²) >= 11 is 0. The molecule has 0 amide bonds. The lowest BCUT2D eigenvalue weighted by molar-refractivity contribution is 0.0697. The van der Waals surface area contributed by atoms with Crippen LogP contribution in [0.4, 0.5) is 5.69 Å². The van der Waals surface area contributed by atoms with E-state index in [1.807, 2.05) is 13.0 Å². The van der Waals surface area contributed by atoms with Crippen molar-refractivity contribution in [2.75, 3.05) is 31.1 Å². The average molecular weight is 288 g/mol. The van der Waals surface area contributed by atoms with Crippen LogP contribution in [0, 0.1) is 6.92 Å². The van der Waals surface area contributed by atoms with Crippen LogP contribution in [-0.2, 0) is 0 Å². The molecule has 1 N–H and O–H groups in total. The number of carboxylic acid groups (broad SMARTS) is 1. The lowest BCUT2D eigenvalue weighted by Crippen LogP contribution is -2.40. The molecular formula is C17H24N2O2. The minimum absolute atomic E-state index is 0.378. The Kier molecular flexibility index (Phi) is 4.15. The van der Waals surface area contributed by atoms with Crippen molar-refractivity contribution >= 4 is 11.7 Å². The van der Waals surface area contributed by atoms with Crippen molar-refractivity contribution in [3.05, 3.63) is 29.3 Å². The van der Waals surface area contributed by atoms with E-state index in [1.54, 1.807) is 12.1 Å². The highest BCUT2D eigenvalue weighted by Crippen LogP contribution is 2.28. The van der Waals surface area contributed by atoms with Gasteiger partial charge in [-0.1, -0.05) is 6.42 Å². The summed E-state index contributed by atoms with van der Waals surface area (Å²) in [6.45, 7) is 6.66. The Labute approximate surface area is 126 Å². The van der Waals surface area contributed by atoms with Crippen LogP contribution < -0.4 is 4.90 Å². The number of benzene rings is 1. The molecule has 0 aromatic heterocycles. The normalized spacial score (nSPS) is 23.5. The van der Waals surface area contributed by atoms with Crippen LogP contribution in [-0.4, -0.2) is 48.2 Å². The maximum absolute atomic E-state index is 11.0. The van der Waals surface area contributed by atoms with Crippen molar-refractivity contribution in [2.45, 2.75) is 38.6 Å². The molecule has 0 radical (unpaired) electrons. The number of carboxylic acids is 1. The number of carbonyl (C=O) groups is 1. The predicted molar refractivity (Wildman–Crippen MR) is 84.2 cm³/mol. The second-order valence-corrected chi connectivity index (χ2v) is 6.29. The Morgan fingerprint density at radius 1 is 1.19 bits per heavy atom. The highest BCUT2D eigenvalue weighted by atomic mass is 16.4. The summed E-state index contributed by atoms with van der Waals surface area (Å²) in [7, 11) is 0. The van der Waals surface area contributed by atoms with Gasteiger partial charge in [0, 0.05) is 24.8 Å². The third-order valence-corrected chi connectivity index (χ3v) is 4.85. The average Bonchev–Trinajstić information content (AvgIpc) is 2.97. The number of aryl methyl sites for hydroxylation is 1. The monoisotopic (exact) mass is 288 g/mol. The molecular weight excluding hydrogens is 264 g/mol. The van der Waals surface area contributed by atoms with Gasteiger partial charge in [0.1, 0.15) is 0 Å². The summed E-state index contributed by atoms with van der Waals surface area (Å²) < 4.78 is 0. The predicted octanol–water partition coefficient (Wildman–Crippen LogP) is 2.76. The zero-order valence-corrected chi connectivity index (χ0v) is 12.7. The molecule has 0 aliphatic carbocycles. The Balaban J connectivity index is 1.69. The second kappa shape index (κ2) is 6.06. The minimum Gasteiger partial charge on any atom is -0.478 e. The topological polar surface area (TPSA) is 43.8 Å². The fourth-order valence-corrected chi connectivity index (χ4v) is 3.69. The molecule has 3 rings (SSSR count). The molecule has 21 heavy (non-hydrogen) atoms. The molecule has 2 saturated heterocycles. The molecule has 1 aromatic rings. The van der Waals surface area contributed by atoms with Crippen molar-refractivity contribution in [1.82, 2.24) is 4.90 Å². The quantitative estimate of drug-likeness (QED) is 0.929. The Hall–Kier alpha value is -1.55. The van der Waals surface area contributed by atoms with Gasteiger partial charge in [-0.15, -0.1) is 0 Å². The number of nitrogens with zero attached hydrogens (tertiary/aromatic N) is 2. The number of piperidine rings is 1. The van der Waals surface area contributed by atoms with Crippen LogP contribution in [0.5, 0.6) is 0 Å². The largest absolute Gasteiger partial charge is 0.478 e. The molecule has 0 bridgehead atoms. The van der Waals surface area contributed by atoms with Gasteiger partial charge in [-0.2, -0.15) is 0 Å². The molecule has 4 nitrogen and oxygen atoms in total. The van der Waals surface area contributed by atoms with Crippen molar-refractivity contribution < 1.29 is 9.90 Å². The minimum atomic E-state index is -0.850. The number of rotatable bonds is 3. The summed E-state index contributed by atoms with van der Waals surface area (Å²) in [5, 5.41) is 9.06. The van der Waals surface area contributed by atoms with Crippen molar-refractivity contribution in [1.29, 1.82) is 0 Å². The first-order chi connectivity index (χ1) is 10.1. The third-order valence-electron chi connectivity index (χ3n) is 4.85. The van der Waals surface area contributed by atoms with Gasteiger partial charge in [0.15, 0.2) is 0 Å². The number of hydrogen-bond donors (Lipinski definition) is 1. The van der Waals surface area contributed by atoms with E-state index in [2.05, 4.69) is 9.80 Å². The zero-order valence-electron chi connectivity index (χ0n) is 12.7. The summed E-state index contributed by atoms with van der Waals surface area (Å²) in [4.78, 5) is 16.1. The van der Waals surface area contributed by atoms with Gasteiger partial charge >= 0.3 is 5.97 Å². The van der Waals surface area contributed by atoms with Crippen LogP contribution in [0.25, 0.3) is 0 Å². The Bertz CT molecular complexity index is 524. The number of hydrogen-bond acceptors (Lipinski definition) is 3. The Morgan fingerprint density at radius 3 is 2.62 bits per heavy atom. The maximum atomic E-state index is 11.0. The van der Waals surface area contributed by atoms with Crippen LogP contribution in [0.3, 0.4) is 0 Å². The van der Waals surface area contributed by atoms with Gasteiger partial charge in [0.2, 0.25) is 0 Å². The smallest absolute Gasteiger partial charge is 0.335 e. The molecule has 0 spiro atoms. The van der Waals surface area contributed by atoms with E-state index < -0.39 is 5.97 Å². The first-order valence-corrected chi connectivity index (χ1v) is 7.98. The SMILES string of the molecule is Cc1cc(C(=O)O)ccc1N1CCC(N2CCCCC2)C1. The van der Waals surface area contributed by atoms with Crippen LogP contribution >= 0.6 is 0 Å². The molecule has 4 heteroatoms. The fourth-order valence-electron chi connectivity index (χ4n) is 3.69. The lowest BCUT2D eigenvalue weighted by atomic mass is 10.1. The van der Waals surface area contributed by atoms with Crippen molar-refractivity contribution in [3.63, 3.8) is 0 Å². The summed E-state index contributed by atoms with van der Waals surface area (Å²) in [5.41, 5.74) is 2.64. The third kappa shape index (κ3) is 3.05. The first kappa shape index (κ1) is 14.4. The van der Waals surface area contributed by atoms with Gasteiger partial charge in [0.05, 0.1) is 5.56 Å².